The smallest absolute Gasteiger partial charge is 0.0555 e. The van der Waals surface area contributed by atoms with E-state index in [0.29, 0.717) is 0 Å². The molecule has 1 rings (SSSR count). The van der Waals surface area contributed by atoms with Gasteiger partial charge in [-0.3, -0.25) is 4.99 Å². The van der Waals surface area contributed by atoms with Gasteiger partial charge in [0.25, 0.3) is 0 Å². The average Bonchev–Trinajstić information content (AvgIpc) is 2.39. The van der Waals surface area contributed by atoms with Gasteiger partial charge < -0.3 is 0 Å². The van der Waals surface area contributed by atoms with Crippen LogP contribution in [0.15, 0.2) is 25.9 Å². The number of allylic oxidation sites excluding steroid dienone is 4. The summed E-state index contributed by atoms with van der Waals surface area (Å²) in [7, 11) is 0. The minimum Gasteiger partial charge on any atom is -0.260 e. The molecule has 1 heterocycles. The Morgan fingerprint density at radius 2 is 1.83 bits per heavy atom. The van der Waals surface area contributed by atoms with E-state index in [1.165, 1.54) is 27.7 Å². The molecule has 0 saturated carbocycles. The molecule has 18 heavy (non-hydrogen) atoms. The molecule has 0 aromatic rings. The highest BCUT2D eigenvalue weighted by molar-refractivity contribution is 14.1. The van der Waals surface area contributed by atoms with Gasteiger partial charge in [-0.25, -0.2) is 0 Å². The highest BCUT2D eigenvalue weighted by Crippen LogP contribution is 2.40. The first-order valence-corrected chi connectivity index (χ1v) is 7.90. The molecule has 0 aromatic heterocycles. The molecule has 0 N–H and O–H groups in total. The van der Waals surface area contributed by atoms with Crippen LogP contribution in [0.5, 0.6) is 0 Å². The minimum atomic E-state index is 0.183. The Labute approximate surface area is 126 Å². The lowest BCUT2D eigenvalue weighted by Crippen LogP contribution is -2.15. The predicted molar refractivity (Wildman–Crippen MR) is 90.4 cm³/mol. The maximum absolute atomic E-state index is 4.82. The molecule has 0 radical (unpaired) electrons. The van der Waals surface area contributed by atoms with E-state index in [-0.39, 0.29) is 10.8 Å². The van der Waals surface area contributed by atoms with E-state index >= 15 is 0 Å². The van der Waals surface area contributed by atoms with Gasteiger partial charge in [-0.1, -0.05) is 54.0 Å². The Morgan fingerprint density at radius 3 is 2.33 bits per heavy atom. The fourth-order valence-corrected chi connectivity index (χ4v) is 3.43. The van der Waals surface area contributed by atoms with Crippen LogP contribution in [0.4, 0.5) is 0 Å². The van der Waals surface area contributed by atoms with Crippen molar-refractivity contribution in [2.75, 3.05) is 0 Å². The molecule has 102 valence electrons. The molecule has 0 unspecified atom stereocenters. The van der Waals surface area contributed by atoms with Gasteiger partial charge in [0.2, 0.25) is 0 Å². The van der Waals surface area contributed by atoms with Crippen LogP contribution in [0.25, 0.3) is 0 Å². The van der Waals surface area contributed by atoms with Crippen LogP contribution < -0.4 is 0 Å². The largest absolute Gasteiger partial charge is 0.260 e. The second-order valence-electron chi connectivity index (χ2n) is 6.76. The normalized spacial score (nSPS) is 17.8. The monoisotopic (exact) mass is 359 g/mol. The van der Waals surface area contributed by atoms with Crippen LogP contribution >= 0.6 is 22.6 Å². The van der Waals surface area contributed by atoms with Crippen LogP contribution in [0.2, 0.25) is 0 Å². The van der Waals surface area contributed by atoms with Crippen molar-refractivity contribution in [3.63, 3.8) is 0 Å². The fraction of sp³-hybridized carbons (Fsp3) is 0.688. The lowest BCUT2D eigenvalue weighted by atomic mass is 9.84. The van der Waals surface area contributed by atoms with Crippen molar-refractivity contribution in [3.8, 4) is 0 Å². The molecule has 0 aliphatic carbocycles. The van der Waals surface area contributed by atoms with E-state index in [2.05, 4.69) is 76.4 Å². The maximum Gasteiger partial charge on any atom is 0.0555 e. The number of nitrogens with zero attached hydrogens (tertiary/aromatic N) is 1. The standard InChI is InChI=1S/C16H26IN/c1-7-10-16(5,6)14-13(17)9-8-12(11-18-14)15(2,3)4/h8,11H,7,9-10H2,1-6H3. The molecular weight excluding hydrogens is 333 g/mol. The Hall–Kier alpha value is -0.120. The highest BCUT2D eigenvalue weighted by Gasteiger charge is 2.26. The summed E-state index contributed by atoms with van der Waals surface area (Å²) in [5.74, 6) is 0. The van der Waals surface area contributed by atoms with Gasteiger partial charge in [0.15, 0.2) is 0 Å². The number of hydrogen-bond acceptors (Lipinski definition) is 1. The number of rotatable bonds is 3. The van der Waals surface area contributed by atoms with Crippen molar-refractivity contribution in [2.24, 2.45) is 15.8 Å². The molecule has 0 atom stereocenters. The van der Waals surface area contributed by atoms with Crippen LogP contribution in [0.3, 0.4) is 0 Å². The molecule has 0 amide bonds. The summed E-state index contributed by atoms with van der Waals surface area (Å²) < 4.78 is 1.39. The third-order valence-corrected chi connectivity index (χ3v) is 4.42. The van der Waals surface area contributed by atoms with Gasteiger partial charge in [-0.05, 0) is 46.4 Å². The van der Waals surface area contributed by atoms with Gasteiger partial charge >= 0.3 is 0 Å². The molecule has 1 aliphatic rings. The Kier molecular flexibility index (Phi) is 5.22. The SMILES string of the molecule is CCCC(C)(C)C1=C(I)CC=C(C(C)(C)C)C=N1. The van der Waals surface area contributed by atoms with E-state index in [1.807, 2.05) is 0 Å². The zero-order valence-corrected chi connectivity index (χ0v) is 14.8. The maximum atomic E-state index is 4.82. The average molecular weight is 359 g/mol. The zero-order chi connectivity index (χ0) is 14.0. The molecule has 0 bridgehead atoms. The lowest BCUT2D eigenvalue weighted by Gasteiger charge is -2.26. The quantitative estimate of drug-likeness (QED) is 0.556. The van der Waals surface area contributed by atoms with E-state index in [1.54, 1.807) is 0 Å². The fourth-order valence-electron chi connectivity index (χ4n) is 2.34. The first kappa shape index (κ1) is 15.9. The third-order valence-electron chi connectivity index (χ3n) is 3.47. The lowest BCUT2D eigenvalue weighted by molar-refractivity contribution is 0.398. The second kappa shape index (κ2) is 5.89. The van der Waals surface area contributed by atoms with Gasteiger partial charge in [0, 0.05) is 15.2 Å². The molecule has 1 nitrogen and oxygen atoms in total. The molecule has 0 saturated heterocycles. The number of hydrogen-bond donors (Lipinski definition) is 0. The van der Waals surface area contributed by atoms with E-state index in [9.17, 15) is 0 Å². The third kappa shape index (κ3) is 3.94. The van der Waals surface area contributed by atoms with Crippen LogP contribution in [-0.2, 0) is 0 Å². The van der Waals surface area contributed by atoms with Gasteiger partial charge in [0.1, 0.15) is 0 Å². The summed E-state index contributed by atoms with van der Waals surface area (Å²) in [6.45, 7) is 13.6. The van der Waals surface area contributed by atoms with Gasteiger partial charge in [-0.2, -0.15) is 0 Å². The Balaban J connectivity index is 3.05. The molecule has 1 aliphatic heterocycles. The van der Waals surface area contributed by atoms with Crippen molar-refractivity contribution >= 4 is 28.8 Å². The summed E-state index contributed by atoms with van der Waals surface area (Å²) in [5.41, 5.74) is 2.99. The Morgan fingerprint density at radius 1 is 1.22 bits per heavy atom. The molecule has 0 fully saturated rings. The van der Waals surface area contributed by atoms with Crippen LogP contribution in [0, 0.1) is 10.8 Å². The van der Waals surface area contributed by atoms with Gasteiger partial charge in [0.05, 0.1) is 5.70 Å². The molecule has 0 spiro atoms. The highest BCUT2D eigenvalue weighted by atomic mass is 127. The summed E-state index contributed by atoms with van der Waals surface area (Å²) in [6, 6.07) is 0. The molecular formula is C16H26IN. The summed E-state index contributed by atoms with van der Waals surface area (Å²) in [5, 5.41) is 0. The summed E-state index contributed by atoms with van der Waals surface area (Å²) in [4.78, 5) is 4.82. The van der Waals surface area contributed by atoms with E-state index in [4.69, 9.17) is 4.99 Å². The topological polar surface area (TPSA) is 12.4 Å². The summed E-state index contributed by atoms with van der Waals surface area (Å²) >= 11 is 2.47. The molecule has 2 heteroatoms. The van der Waals surface area contributed by atoms with Crippen molar-refractivity contribution in [1.82, 2.24) is 0 Å². The first-order chi connectivity index (χ1) is 8.18. The summed E-state index contributed by atoms with van der Waals surface area (Å²) in [6.07, 6.45) is 7.83. The second-order valence-corrected chi connectivity index (χ2v) is 8.06. The van der Waals surface area contributed by atoms with Crippen molar-refractivity contribution < 1.29 is 0 Å². The predicted octanol–water partition coefficient (Wildman–Crippen LogP) is 5.91. The van der Waals surface area contributed by atoms with Gasteiger partial charge in [-0.15, -0.1) is 0 Å². The zero-order valence-electron chi connectivity index (χ0n) is 12.6. The first-order valence-electron chi connectivity index (χ1n) is 6.82. The van der Waals surface area contributed by atoms with Crippen molar-refractivity contribution in [3.05, 3.63) is 20.9 Å². The van der Waals surface area contributed by atoms with E-state index < -0.39 is 0 Å². The van der Waals surface area contributed by atoms with Crippen LogP contribution in [-0.4, -0.2) is 6.21 Å². The Bertz CT molecular complexity index is 392. The molecule has 0 aromatic carbocycles. The van der Waals surface area contributed by atoms with E-state index in [0.717, 1.165) is 6.42 Å². The minimum absolute atomic E-state index is 0.183. The number of aliphatic imine (C=N–C) groups is 1. The van der Waals surface area contributed by atoms with Crippen LogP contribution in [0.1, 0.15) is 60.8 Å². The number of halogens is 1. The van der Waals surface area contributed by atoms with Crippen molar-refractivity contribution in [2.45, 2.75) is 60.8 Å². The van der Waals surface area contributed by atoms with Crippen molar-refractivity contribution in [1.29, 1.82) is 0 Å².